The summed E-state index contributed by atoms with van der Waals surface area (Å²) < 4.78 is 5.19. The summed E-state index contributed by atoms with van der Waals surface area (Å²) in [5.74, 6) is -0.274. The van der Waals surface area contributed by atoms with Gasteiger partial charge in [-0.1, -0.05) is 12.1 Å². The van der Waals surface area contributed by atoms with E-state index in [4.69, 9.17) is 4.42 Å². The van der Waals surface area contributed by atoms with Crippen molar-refractivity contribution in [1.82, 2.24) is 4.90 Å². The van der Waals surface area contributed by atoms with E-state index >= 15 is 0 Å². The highest BCUT2D eigenvalue weighted by Gasteiger charge is 2.24. The van der Waals surface area contributed by atoms with Crippen LogP contribution in [0.1, 0.15) is 27.2 Å². The minimum absolute atomic E-state index is 0.00340. The van der Waals surface area contributed by atoms with Crippen LogP contribution in [-0.4, -0.2) is 28.4 Å². The first kappa shape index (κ1) is 13.4. The molecule has 0 atom stereocenters. The molecule has 0 spiro atoms. The third kappa shape index (κ3) is 2.67. The minimum Gasteiger partial charge on any atom is -0.478 e. The Bertz CT molecular complexity index is 676. The number of nitrogens with zero attached hydrogens (tertiary/aromatic N) is 1. The highest BCUT2D eigenvalue weighted by molar-refractivity contribution is 5.90. The summed E-state index contributed by atoms with van der Waals surface area (Å²) in [4.78, 5) is 25.2. The van der Waals surface area contributed by atoms with Crippen LogP contribution < -0.4 is 0 Å². The second-order valence-electron chi connectivity index (χ2n) is 5.07. The Balaban J connectivity index is 1.77. The van der Waals surface area contributed by atoms with Gasteiger partial charge in [-0.05, 0) is 35.7 Å². The van der Waals surface area contributed by atoms with Gasteiger partial charge < -0.3 is 14.4 Å². The average molecular weight is 285 g/mol. The Kier molecular flexibility index (Phi) is 3.48. The molecule has 1 amide bonds. The van der Waals surface area contributed by atoms with Gasteiger partial charge in [-0.25, -0.2) is 4.79 Å². The summed E-state index contributed by atoms with van der Waals surface area (Å²) in [6.45, 7) is 0.993. The van der Waals surface area contributed by atoms with Crippen molar-refractivity contribution in [3.05, 3.63) is 59.0 Å². The van der Waals surface area contributed by atoms with Crippen molar-refractivity contribution in [2.45, 2.75) is 19.4 Å². The lowest BCUT2D eigenvalue weighted by Crippen LogP contribution is -2.37. The van der Waals surface area contributed by atoms with Gasteiger partial charge in [-0.2, -0.15) is 0 Å². The Hall–Kier alpha value is -2.56. The predicted octanol–water partition coefficient (Wildman–Crippen LogP) is 2.11. The van der Waals surface area contributed by atoms with Gasteiger partial charge in [0.05, 0.1) is 18.2 Å². The molecule has 21 heavy (non-hydrogen) atoms. The molecule has 3 rings (SSSR count). The predicted molar refractivity (Wildman–Crippen MR) is 74.9 cm³/mol. The van der Waals surface area contributed by atoms with Gasteiger partial charge in [0.15, 0.2) is 0 Å². The third-order valence-electron chi connectivity index (χ3n) is 3.75. The van der Waals surface area contributed by atoms with E-state index in [-0.39, 0.29) is 12.3 Å². The van der Waals surface area contributed by atoms with Crippen molar-refractivity contribution in [3.8, 4) is 0 Å². The number of carboxylic acids is 1. The van der Waals surface area contributed by atoms with Gasteiger partial charge >= 0.3 is 5.97 Å². The summed E-state index contributed by atoms with van der Waals surface area (Å²) in [5, 5.41) is 9.19. The third-order valence-corrected chi connectivity index (χ3v) is 3.75. The van der Waals surface area contributed by atoms with Gasteiger partial charge in [-0.15, -0.1) is 0 Å². The maximum absolute atomic E-state index is 12.2. The molecule has 108 valence electrons. The zero-order valence-electron chi connectivity index (χ0n) is 11.4. The largest absolute Gasteiger partial charge is 0.478 e. The van der Waals surface area contributed by atoms with E-state index in [0.29, 0.717) is 30.8 Å². The molecular formula is C16H15NO4. The van der Waals surface area contributed by atoms with E-state index in [9.17, 15) is 14.7 Å². The molecule has 1 N–H and O–H groups in total. The molecule has 2 aromatic rings. The van der Waals surface area contributed by atoms with Gasteiger partial charge in [-0.3, -0.25) is 4.79 Å². The first-order valence-electron chi connectivity index (χ1n) is 6.79. The zero-order chi connectivity index (χ0) is 14.8. The summed E-state index contributed by atoms with van der Waals surface area (Å²) in [6, 6.07) is 8.75. The second-order valence-corrected chi connectivity index (χ2v) is 5.07. The Labute approximate surface area is 121 Å². The average Bonchev–Trinajstić information content (AvgIpc) is 2.98. The summed E-state index contributed by atoms with van der Waals surface area (Å²) in [6.07, 6.45) is 2.36. The fourth-order valence-electron chi connectivity index (χ4n) is 2.70. The number of amides is 1. The molecule has 0 saturated heterocycles. The fraction of sp³-hybridized carbons (Fsp3) is 0.250. The molecule has 5 nitrogen and oxygen atoms in total. The van der Waals surface area contributed by atoms with Crippen LogP contribution in [0.25, 0.3) is 0 Å². The van der Waals surface area contributed by atoms with Crippen LogP contribution in [0, 0.1) is 0 Å². The highest BCUT2D eigenvalue weighted by Crippen LogP contribution is 2.23. The lowest BCUT2D eigenvalue weighted by atomic mass is 9.94. The normalized spacial score (nSPS) is 13.8. The molecule has 2 heterocycles. The van der Waals surface area contributed by atoms with Crippen molar-refractivity contribution in [2.75, 3.05) is 6.54 Å². The summed E-state index contributed by atoms with van der Waals surface area (Å²) in [7, 11) is 0. The van der Waals surface area contributed by atoms with Gasteiger partial charge in [0.1, 0.15) is 5.76 Å². The van der Waals surface area contributed by atoms with E-state index in [1.165, 1.54) is 0 Å². The van der Waals surface area contributed by atoms with Crippen molar-refractivity contribution in [1.29, 1.82) is 0 Å². The first-order valence-corrected chi connectivity index (χ1v) is 6.79. The van der Waals surface area contributed by atoms with Crippen LogP contribution in [0.3, 0.4) is 0 Å². The number of hydrogen-bond acceptors (Lipinski definition) is 3. The first-order chi connectivity index (χ1) is 10.1. The number of hydrogen-bond donors (Lipinski definition) is 1. The zero-order valence-corrected chi connectivity index (χ0v) is 11.4. The molecule has 1 aromatic heterocycles. The number of benzene rings is 1. The number of furan rings is 1. The lowest BCUT2D eigenvalue weighted by molar-refractivity contribution is -0.131. The number of carboxylic acid groups (broad SMARTS) is 1. The number of rotatable bonds is 3. The number of fused-ring (bicyclic) bond motifs is 1. The van der Waals surface area contributed by atoms with E-state index in [0.717, 1.165) is 11.1 Å². The second kappa shape index (κ2) is 5.44. The van der Waals surface area contributed by atoms with Gasteiger partial charge in [0.2, 0.25) is 5.91 Å². The van der Waals surface area contributed by atoms with Crippen LogP contribution in [0.5, 0.6) is 0 Å². The molecule has 0 saturated carbocycles. The lowest BCUT2D eigenvalue weighted by Gasteiger charge is -2.29. The molecule has 5 heteroatoms. The van der Waals surface area contributed by atoms with Crippen molar-refractivity contribution < 1.29 is 19.1 Å². The molecule has 1 aliphatic rings. The SMILES string of the molecule is O=C(O)c1cccc2c1CCN(C(=O)Cc1ccco1)C2. The Morgan fingerprint density at radius 2 is 2.10 bits per heavy atom. The van der Waals surface area contributed by atoms with E-state index in [1.807, 2.05) is 6.07 Å². The molecule has 0 bridgehead atoms. The number of carbonyl (C=O) groups excluding carboxylic acids is 1. The number of carbonyl (C=O) groups is 2. The van der Waals surface area contributed by atoms with E-state index in [1.54, 1.807) is 35.4 Å². The van der Waals surface area contributed by atoms with Crippen molar-refractivity contribution >= 4 is 11.9 Å². The standard InChI is InChI=1S/C16H15NO4/c18-15(9-12-4-2-8-21-12)17-7-6-13-11(10-17)3-1-5-14(13)16(19)20/h1-5,8H,6-7,9-10H2,(H,19,20). The minimum atomic E-state index is -0.915. The van der Waals surface area contributed by atoms with Crippen LogP contribution in [0.2, 0.25) is 0 Å². The van der Waals surface area contributed by atoms with Crippen LogP contribution in [0.15, 0.2) is 41.0 Å². The number of aromatic carboxylic acids is 1. The molecule has 0 fully saturated rings. The molecule has 0 radical (unpaired) electrons. The molecule has 1 aliphatic heterocycles. The van der Waals surface area contributed by atoms with Crippen LogP contribution >= 0.6 is 0 Å². The summed E-state index contributed by atoms with van der Waals surface area (Å²) >= 11 is 0. The topological polar surface area (TPSA) is 70.8 Å². The molecule has 0 aliphatic carbocycles. The van der Waals surface area contributed by atoms with Crippen LogP contribution in [-0.2, 0) is 24.2 Å². The Morgan fingerprint density at radius 1 is 1.24 bits per heavy atom. The highest BCUT2D eigenvalue weighted by atomic mass is 16.4. The smallest absolute Gasteiger partial charge is 0.335 e. The Morgan fingerprint density at radius 3 is 2.81 bits per heavy atom. The van der Waals surface area contributed by atoms with Crippen molar-refractivity contribution in [3.63, 3.8) is 0 Å². The maximum Gasteiger partial charge on any atom is 0.335 e. The fourth-order valence-corrected chi connectivity index (χ4v) is 2.70. The van der Waals surface area contributed by atoms with E-state index in [2.05, 4.69) is 0 Å². The molecule has 0 unspecified atom stereocenters. The van der Waals surface area contributed by atoms with Gasteiger partial charge in [0.25, 0.3) is 0 Å². The van der Waals surface area contributed by atoms with Crippen molar-refractivity contribution in [2.24, 2.45) is 0 Å². The summed E-state index contributed by atoms with van der Waals surface area (Å²) in [5.41, 5.74) is 2.09. The maximum atomic E-state index is 12.2. The molecular weight excluding hydrogens is 270 g/mol. The monoisotopic (exact) mass is 285 g/mol. The van der Waals surface area contributed by atoms with Crippen LogP contribution in [0.4, 0.5) is 0 Å². The quantitative estimate of drug-likeness (QED) is 0.937. The van der Waals surface area contributed by atoms with E-state index < -0.39 is 5.97 Å². The molecule has 1 aromatic carbocycles. The van der Waals surface area contributed by atoms with Gasteiger partial charge in [0, 0.05) is 13.1 Å².